The molecule has 0 fully saturated rings. The molecule has 6 heteroatoms. The van der Waals surface area contributed by atoms with E-state index in [1.54, 1.807) is 19.1 Å². The van der Waals surface area contributed by atoms with E-state index < -0.39 is 0 Å². The molecule has 0 bridgehead atoms. The fourth-order valence-corrected chi connectivity index (χ4v) is 2.67. The third-order valence-electron chi connectivity index (χ3n) is 2.71. The van der Waals surface area contributed by atoms with Crippen LogP contribution in [0.25, 0.3) is 10.6 Å². The second kappa shape index (κ2) is 6.58. The first-order valence-corrected chi connectivity index (χ1v) is 7.06. The summed E-state index contributed by atoms with van der Waals surface area (Å²) < 4.78 is 12.9. The fourth-order valence-electron chi connectivity index (χ4n) is 1.68. The highest BCUT2D eigenvalue weighted by molar-refractivity contribution is 7.17. The Morgan fingerprint density at radius 2 is 2.10 bits per heavy atom. The Kier molecular flexibility index (Phi) is 4.81. The first kappa shape index (κ1) is 14.6. The number of amides is 1. The molecule has 0 saturated carbocycles. The molecule has 0 aliphatic rings. The molecule has 0 aliphatic carbocycles. The largest absolute Gasteiger partial charge is 0.396 e. The molecule has 106 valence electrons. The van der Waals surface area contributed by atoms with Gasteiger partial charge in [0.2, 0.25) is 0 Å². The Bertz CT molecular complexity index is 596. The standard InChI is InChI=1S/C14H15FN2O2S/c1-9-12(13(19)16-7-2-8-18)20-14(17-9)10-3-5-11(15)6-4-10/h3-6,18H,2,7-8H2,1H3,(H,16,19). The monoisotopic (exact) mass is 294 g/mol. The van der Waals surface area contributed by atoms with Crippen LogP contribution in [0.5, 0.6) is 0 Å². The minimum Gasteiger partial charge on any atom is -0.396 e. The highest BCUT2D eigenvalue weighted by Gasteiger charge is 2.15. The highest BCUT2D eigenvalue weighted by Crippen LogP contribution is 2.27. The number of hydrogen-bond donors (Lipinski definition) is 2. The number of aromatic nitrogens is 1. The fraction of sp³-hybridized carbons (Fsp3) is 0.286. The lowest BCUT2D eigenvalue weighted by Crippen LogP contribution is -2.24. The Morgan fingerprint density at radius 1 is 1.40 bits per heavy atom. The van der Waals surface area contributed by atoms with Crippen molar-refractivity contribution < 1.29 is 14.3 Å². The van der Waals surface area contributed by atoms with Crippen molar-refractivity contribution in [1.82, 2.24) is 10.3 Å². The molecule has 0 atom stereocenters. The number of rotatable bonds is 5. The number of aliphatic hydroxyl groups is 1. The number of carbonyl (C=O) groups excluding carboxylic acids is 1. The van der Waals surface area contributed by atoms with Crippen molar-refractivity contribution in [1.29, 1.82) is 0 Å². The zero-order valence-electron chi connectivity index (χ0n) is 11.0. The van der Waals surface area contributed by atoms with E-state index in [0.717, 1.165) is 5.56 Å². The topological polar surface area (TPSA) is 62.2 Å². The number of carbonyl (C=O) groups is 1. The zero-order chi connectivity index (χ0) is 14.5. The normalized spacial score (nSPS) is 10.6. The lowest BCUT2D eigenvalue weighted by Gasteiger charge is -2.01. The molecule has 2 N–H and O–H groups in total. The molecule has 0 aliphatic heterocycles. The van der Waals surface area contributed by atoms with Gasteiger partial charge in [-0.1, -0.05) is 0 Å². The molecule has 0 unspecified atom stereocenters. The van der Waals surface area contributed by atoms with Crippen LogP contribution in [0.3, 0.4) is 0 Å². The number of thiazole rings is 1. The number of aliphatic hydroxyl groups excluding tert-OH is 1. The molecule has 20 heavy (non-hydrogen) atoms. The minimum absolute atomic E-state index is 0.0444. The lowest BCUT2D eigenvalue weighted by molar-refractivity contribution is 0.0954. The highest BCUT2D eigenvalue weighted by atomic mass is 32.1. The van der Waals surface area contributed by atoms with Crippen molar-refractivity contribution in [3.05, 3.63) is 40.7 Å². The maximum Gasteiger partial charge on any atom is 0.263 e. The van der Waals surface area contributed by atoms with Crippen molar-refractivity contribution in [2.24, 2.45) is 0 Å². The molecule has 0 saturated heterocycles. The number of benzene rings is 1. The van der Waals surface area contributed by atoms with Gasteiger partial charge in [0.1, 0.15) is 15.7 Å². The SMILES string of the molecule is Cc1nc(-c2ccc(F)cc2)sc1C(=O)NCCCO. The number of nitrogens with one attached hydrogen (secondary N) is 1. The predicted octanol–water partition coefficient (Wildman–Crippen LogP) is 2.37. The Labute approximate surface area is 120 Å². The molecular weight excluding hydrogens is 279 g/mol. The van der Waals surface area contributed by atoms with Crippen LogP contribution < -0.4 is 5.32 Å². The van der Waals surface area contributed by atoms with Crippen LogP contribution in [-0.2, 0) is 0 Å². The third kappa shape index (κ3) is 3.40. The van der Waals surface area contributed by atoms with Crippen LogP contribution in [0, 0.1) is 12.7 Å². The summed E-state index contributed by atoms with van der Waals surface area (Å²) in [5.41, 5.74) is 1.43. The molecule has 1 aromatic carbocycles. The Balaban J connectivity index is 2.16. The predicted molar refractivity (Wildman–Crippen MR) is 76.3 cm³/mol. The second-order valence-corrected chi connectivity index (χ2v) is 5.27. The van der Waals surface area contributed by atoms with Gasteiger partial charge >= 0.3 is 0 Å². The van der Waals surface area contributed by atoms with Gasteiger partial charge in [-0.05, 0) is 37.6 Å². The molecule has 2 aromatic rings. The maximum atomic E-state index is 12.9. The smallest absolute Gasteiger partial charge is 0.263 e. The van der Waals surface area contributed by atoms with Crippen LogP contribution in [0.4, 0.5) is 4.39 Å². The summed E-state index contributed by atoms with van der Waals surface area (Å²) in [6.07, 6.45) is 0.522. The van der Waals surface area contributed by atoms with E-state index >= 15 is 0 Å². The lowest BCUT2D eigenvalue weighted by atomic mass is 10.2. The van der Waals surface area contributed by atoms with Crippen molar-refractivity contribution in [3.63, 3.8) is 0 Å². The van der Waals surface area contributed by atoms with Gasteiger partial charge in [-0.25, -0.2) is 9.37 Å². The zero-order valence-corrected chi connectivity index (χ0v) is 11.8. The van der Waals surface area contributed by atoms with E-state index in [1.807, 2.05) is 0 Å². The van der Waals surface area contributed by atoms with E-state index in [2.05, 4.69) is 10.3 Å². The Hall–Kier alpha value is -1.79. The van der Waals surface area contributed by atoms with Crippen molar-refractivity contribution in [2.45, 2.75) is 13.3 Å². The third-order valence-corrected chi connectivity index (χ3v) is 3.92. The average molecular weight is 294 g/mol. The number of halogens is 1. The quantitative estimate of drug-likeness (QED) is 0.832. The molecule has 1 amide bonds. The van der Waals surface area contributed by atoms with Gasteiger partial charge in [0.25, 0.3) is 5.91 Å². The van der Waals surface area contributed by atoms with Crippen molar-refractivity contribution in [3.8, 4) is 10.6 Å². The number of nitrogens with zero attached hydrogens (tertiary/aromatic N) is 1. The summed E-state index contributed by atoms with van der Waals surface area (Å²) in [6, 6.07) is 6.02. The summed E-state index contributed by atoms with van der Waals surface area (Å²) in [6.45, 7) is 2.24. The first-order valence-electron chi connectivity index (χ1n) is 6.24. The van der Waals surface area contributed by atoms with Gasteiger partial charge in [-0.3, -0.25) is 4.79 Å². The number of hydrogen-bond acceptors (Lipinski definition) is 4. The average Bonchev–Trinajstić information content (AvgIpc) is 2.82. The maximum absolute atomic E-state index is 12.9. The van der Waals surface area contributed by atoms with E-state index in [-0.39, 0.29) is 18.3 Å². The minimum atomic E-state index is -0.302. The molecule has 2 rings (SSSR count). The van der Waals surface area contributed by atoms with Gasteiger partial charge in [0.05, 0.1) is 5.69 Å². The summed E-state index contributed by atoms with van der Waals surface area (Å²) >= 11 is 1.28. The number of aryl methyl sites for hydroxylation is 1. The van der Waals surface area contributed by atoms with E-state index in [4.69, 9.17) is 5.11 Å². The molecule has 1 heterocycles. The van der Waals surface area contributed by atoms with E-state index in [1.165, 1.54) is 23.5 Å². The molecular formula is C14H15FN2O2S. The van der Waals surface area contributed by atoms with E-state index in [9.17, 15) is 9.18 Å². The summed E-state index contributed by atoms with van der Waals surface area (Å²) in [5, 5.41) is 12.1. The summed E-state index contributed by atoms with van der Waals surface area (Å²) in [5.74, 6) is -0.495. The van der Waals surface area contributed by atoms with Crippen molar-refractivity contribution in [2.75, 3.05) is 13.2 Å². The van der Waals surface area contributed by atoms with Gasteiger partial charge in [0.15, 0.2) is 0 Å². The van der Waals surface area contributed by atoms with Crippen LogP contribution in [-0.4, -0.2) is 29.1 Å². The Morgan fingerprint density at radius 3 is 2.75 bits per heavy atom. The van der Waals surface area contributed by atoms with E-state index in [0.29, 0.717) is 28.5 Å². The summed E-state index contributed by atoms with van der Waals surface area (Å²) in [4.78, 5) is 16.8. The summed E-state index contributed by atoms with van der Waals surface area (Å²) in [7, 11) is 0. The molecule has 0 radical (unpaired) electrons. The van der Waals surface area contributed by atoms with Gasteiger partial charge in [0, 0.05) is 18.7 Å². The van der Waals surface area contributed by atoms with Crippen molar-refractivity contribution >= 4 is 17.2 Å². The molecule has 4 nitrogen and oxygen atoms in total. The van der Waals surface area contributed by atoms with Gasteiger partial charge in [-0.2, -0.15) is 0 Å². The van der Waals surface area contributed by atoms with Crippen LogP contribution in [0.1, 0.15) is 21.8 Å². The first-order chi connectivity index (χ1) is 9.61. The molecule has 1 aromatic heterocycles. The van der Waals surface area contributed by atoms with Crippen LogP contribution in [0.2, 0.25) is 0 Å². The van der Waals surface area contributed by atoms with Gasteiger partial charge < -0.3 is 10.4 Å². The van der Waals surface area contributed by atoms with Crippen LogP contribution >= 0.6 is 11.3 Å². The van der Waals surface area contributed by atoms with Crippen LogP contribution in [0.15, 0.2) is 24.3 Å². The molecule has 0 spiro atoms. The second-order valence-electron chi connectivity index (χ2n) is 4.27. The van der Waals surface area contributed by atoms with Gasteiger partial charge in [-0.15, -0.1) is 11.3 Å².